The minimum Gasteiger partial charge on any atom is -0.593 e. The normalized spacial score (nSPS) is 54.4. The van der Waals surface area contributed by atoms with Crippen molar-refractivity contribution in [3.8, 4) is 0 Å². The third kappa shape index (κ3) is 0.653. The summed E-state index contributed by atoms with van der Waals surface area (Å²) in [5, 5.41) is 0.0764. The molecule has 0 aromatic carbocycles. The fourth-order valence-corrected chi connectivity index (χ4v) is 4.23. The van der Waals surface area contributed by atoms with Gasteiger partial charge in [0.2, 0.25) is 0 Å². The third-order valence-corrected chi connectivity index (χ3v) is 4.68. The molecule has 4 heteroatoms. The van der Waals surface area contributed by atoms with Gasteiger partial charge < -0.3 is 4.55 Å². The van der Waals surface area contributed by atoms with Crippen molar-refractivity contribution >= 4 is 17.3 Å². The first kappa shape index (κ1) is 6.97. The first-order valence-electron chi connectivity index (χ1n) is 4.17. The number of hydrogen-bond acceptors (Lipinski definition) is 2. The number of allylic oxidation sites excluding steroid dienone is 2. The summed E-state index contributed by atoms with van der Waals surface area (Å²) in [7, 11) is 0. The van der Waals surface area contributed by atoms with E-state index in [-0.39, 0.29) is 17.1 Å². The van der Waals surface area contributed by atoms with Crippen LogP contribution in [0.4, 0.5) is 0 Å². The molecule has 3 aliphatic rings. The van der Waals surface area contributed by atoms with Crippen molar-refractivity contribution in [2.45, 2.75) is 11.7 Å². The van der Waals surface area contributed by atoms with Gasteiger partial charge in [-0.2, -0.15) is 4.72 Å². The molecule has 0 aromatic rings. The van der Waals surface area contributed by atoms with Crippen LogP contribution in [0, 0.1) is 17.8 Å². The van der Waals surface area contributed by atoms with E-state index in [1.165, 1.54) is 0 Å². The van der Waals surface area contributed by atoms with Crippen molar-refractivity contribution in [1.82, 2.24) is 4.72 Å². The quantitative estimate of drug-likeness (QED) is 0.423. The molecule has 2 bridgehead atoms. The lowest BCUT2D eigenvalue weighted by molar-refractivity contribution is -0.122. The van der Waals surface area contributed by atoms with E-state index in [1.807, 2.05) is 0 Å². The lowest BCUT2D eigenvalue weighted by Crippen LogP contribution is -2.28. The third-order valence-electron chi connectivity index (χ3n) is 3.14. The molecule has 1 aliphatic heterocycles. The number of fused-ring (bicyclic) bond motifs is 5. The smallest absolute Gasteiger partial charge is 0.270 e. The number of carbonyl (C=O) groups is 1. The molecule has 2 fully saturated rings. The van der Waals surface area contributed by atoms with Crippen LogP contribution in [0.15, 0.2) is 12.2 Å². The van der Waals surface area contributed by atoms with Crippen molar-refractivity contribution in [3.63, 3.8) is 0 Å². The zero-order chi connectivity index (χ0) is 8.29. The summed E-state index contributed by atoms with van der Waals surface area (Å²) in [5.41, 5.74) is 0. The van der Waals surface area contributed by atoms with Gasteiger partial charge in [-0.1, -0.05) is 12.2 Å². The molecule has 1 N–H and O–H groups in total. The minimum atomic E-state index is -1.11. The second kappa shape index (κ2) is 2.06. The average molecular weight is 183 g/mol. The number of rotatable bonds is 0. The Bertz CT molecular complexity index is 278. The summed E-state index contributed by atoms with van der Waals surface area (Å²) in [6.45, 7) is 0. The summed E-state index contributed by atoms with van der Waals surface area (Å²) >= 11 is -1.11. The summed E-state index contributed by atoms with van der Waals surface area (Å²) < 4.78 is 13.9. The van der Waals surface area contributed by atoms with Crippen LogP contribution in [-0.4, -0.2) is 15.7 Å². The highest BCUT2D eigenvalue weighted by Crippen LogP contribution is 2.49. The molecule has 1 heterocycles. The zero-order valence-corrected chi connectivity index (χ0v) is 7.21. The number of carbonyl (C=O) groups excluding carboxylic acids is 1. The van der Waals surface area contributed by atoms with Crippen LogP contribution in [0.1, 0.15) is 6.42 Å². The van der Waals surface area contributed by atoms with E-state index in [0.29, 0.717) is 11.8 Å². The molecule has 1 saturated heterocycles. The van der Waals surface area contributed by atoms with Gasteiger partial charge in [-0.3, -0.25) is 4.79 Å². The summed E-state index contributed by atoms with van der Waals surface area (Å²) in [4.78, 5) is 11.3. The fraction of sp³-hybridized carbons (Fsp3) is 0.625. The number of hydrogen-bond donors (Lipinski definition) is 1. The second-order valence-electron chi connectivity index (χ2n) is 3.70. The Labute approximate surface area is 73.5 Å². The van der Waals surface area contributed by atoms with E-state index < -0.39 is 11.4 Å². The van der Waals surface area contributed by atoms with Gasteiger partial charge in [-0.05, 0) is 12.3 Å². The van der Waals surface area contributed by atoms with E-state index in [2.05, 4.69) is 16.9 Å². The van der Waals surface area contributed by atoms with Gasteiger partial charge in [-0.25, -0.2) is 0 Å². The minimum absolute atomic E-state index is 0.00446. The van der Waals surface area contributed by atoms with E-state index in [1.54, 1.807) is 0 Å². The Hall–Kier alpha value is -0.480. The molecule has 3 rings (SSSR count). The maximum absolute atomic E-state index is 11.4. The lowest BCUT2D eigenvalue weighted by Gasteiger charge is -2.15. The van der Waals surface area contributed by atoms with E-state index in [0.717, 1.165) is 6.42 Å². The summed E-state index contributed by atoms with van der Waals surface area (Å²) in [5.74, 6) is 0.766. The van der Waals surface area contributed by atoms with Crippen LogP contribution in [-0.2, 0) is 16.2 Å². The van der Waals surface area contributed by atoms with Crippen molar-refractivity contribution in [2.24, 2.45) is 17.8 Å². The molecule has 0 radical (unpaired) electrons. The van der Waals surface area contributed by atoms with Crippen LogP contribution >= 0.6 is 0 Å². The van der Waals surface area contributed by atoms with E-state index in [4.69, 9.17) is 0 Å². The summed E-state index contributed by atoms with van der Waals surface area (Å²) in [6, 6.07) is 0. The van der Waals surface area contributed by atoms with Crippen molar-refractivity contribution in [1.29, 1.82) is 0 Å². The number of nitrogens with one attached hydrogen (secondary N) is 1. The lowest BCUT2D eigenvalue weighted by atomic mass is 9.93. The van der Waals surface area contributed by atoms with Crippen LogP contribution in [0.3, 0.4) is 0 Å². The molecule has 1 unspecified atom stereocenters. The zero-order valence-electron chi connectivity index (χ0n) is 6.40. The van der Waals surface area contributed by atoms with Gasteiger partial charge in [-0.15, -0.1) is 0 Å². The largest absolute Gasteiger partial charge is 0.593 e. The van der Waals surface area contributed by atoms with E-state index in [9.17, 15) is 9.35 Å². The van der Waals surface area contributed by atoms with Crippen LogP contribution < -0.4 is 4.72 Å². The first-order chi connectivity index (χ1) is 5.77. The SMILES string of the molecule is O=C1N[S+]([O-])[C@H]2[C@@H]1[C@H]1C=C[C@@H]2C1. The molecule has 3 nitrogen and oxygen atoms in total. The maximum atomic E-state index is 11.4. The van der Waals surface area contributed by atoms with Crippen LogP contribution in [0.25, 0.3) is 0 Å². The Morgan fingerprint density at radius 3 is 3.00 bits per heavy atom. The highest BCUT2D eigenvalue weighted by Gasteiger charge is 2.59. The highest BCUT2D eigenvalue weighted by molar-refractivity contribution is 7.91. The molecule has 1 amide bonds. The molecular formula is C8H9NO2S. The van der Waals surface area contributed by atoms with Crippen molar-refractivity contribution in [3.05, 3.63) is 12.2 Å². The monoisotopic (exact) mass is 183 g/mol. The maximum Gasteiger partial charge on any atom is 0.270 e. The van der Waals surface area contributed by atoms with Crippen LogP contribution in [0.2, 0.25) is 0 Å². The van der Waals surface area contributed by atoms with Gasteiger partial charge in [0.1, 0.15) is 0 Å². The predicted octanol–water partition coefficient (Wildman–Crippen LogP) is -0.0294. The molecule has 1 saturated carbocycles. The van der Waals surface area contributed by atoms with Crippen molar-refractivity contribution < 1.29 is 9.35 Å². The number of amides is 1. The Kier molecular flexibility index (Phi) is 1.20. The van der Waals surface area contributed by atoms with Gasteiger partial charge in [0.25, 0.3) is 5.91 Å². The standard InChI is InChI=1S/C8H9NO2S/c10-8-6-4-1-2-5(3-4)7(6)12(11)9-8/h1-2,4-7H,3H2,(H,9,10)/t4-,5+,6-,7+,12?/m0/s1. The van der Waals surface area contributed by atoms with E-state index >= 15 is 0 Å². The molecule has 12 heavy (non-hydrogen) atoms. The van der Waals surface area contributed by atoms with Crippen molar-refractivity contribution in [2.75, 3.05) is 0 Å². The predicted molar refractivity (Wildman–Crippen MR) is 44.3 cm³/mol. The fourth-order valence-electron chi connectivity index (χ4n) is 2.65. The molecule has 5 atom stereocenters. The molecule has 0 aromatic heterocycles. The second-order valence-corrected chi connectivity index (χ2v) is 5.05. The van der Waals surface area contributed by atoms with Gasteiger partial charge in [0, 0.05) is 5.92 Å². The highest BCUT2D eigenvalue weighted by atomic mass is 32.2. The first-order valence-corrected chi connectivity index (χ1v) is 5.38. The van der Waals surface area contributed by atoms with Gasteiger partial charge in [0.15, 0.2) is 5.25 Å². The molecule has 0 spiro atoms. The van der Waals surface area contributed by atoms with Crippen LogP contribution in [0.5, 0.6) is 0 Å². The molecular weight excluding hydrogens is 174 g/mol. The Balaban J connectivity index is 2.03. The van der Waals surface area contributed by atoms with Gasteiger partial charge >= 0.3 is 0 Å². The molecule has 64 valence electrons. The Morgan fingerprint density at radius 1 is 1.50 bits per heavy atom. The Morgan fingerprint density at radius 2 is 2.25 bits per heavy atom. The topological polar surface area (TPSA) is 52.2 Å². The average Bonchev–Trinajstić information content (AvgIpc) is 2.64. The van der Waals surface area contributed by atoms with Gasteiger partial charge in [0.05, 0.1) is 17.3 Å². The molecule has 2 aliphatic carbocycles. The summed E-state index contributed by atoms with van der Waals surface area (Å²) in [6.07, 6.45) is 5.26.